The summed E-state index contributed by atoms with van der Waals surface area (Å²) in [5.74, 6) is 0.472. The van der Waals surface area contributed by atoms with Crippen LogP contribution in [0.3, 0.4) is 0 Å². The van der Waals surface area contributed by atoms with Crippen LogP contribution < -0.4 is 4.74 Å². The highest BCUT2D eigenvalue weighted by Crippen LogP contribution is 2.22. The lowest BCUT2D eigenvalue weighted by Gasteiger charge is -2.19. The molecule has 0 aliphatic heterocycles. The SMILES string of the molecule is COc1ccccc1Cc1nnnn1CC(C)(C)C(=O)O. The fourth-order valence-electron chi connectivity index (χ4n) is 1.93. The van der Waals surface area contributed by atoms with Crippen molar-refractivity contribution in [2.75, 3.05) is 7.11 Å². The van der Waals surface area contributed by atoms with E-state index in [4.69, 9.17) is 4.74 Å². The number of hydrogen-bond acceptors (Lipinski definition) is 5. The third-order valence-electron chi connectivity index (χ3n) is 3.27. The monoisotopic (exact) mass is 290 g/mol. The predicted molar refractivity (Wildman–Crippen MR) is 75.0 cm³/mol. The molecular weight excluding hydrogens is 272 g/mol. The molecule has 112 valence electrons. The molecule has 7 heteroatoms. The molecule has 0 unspecified atom stereocenters. The predicted octanol–water partition coefficient (Wildman–Crippen LogP) is 1.38. The molecule has 0 radical (unpaired) electrons. The van der Waals surface area contributed by atoms with Crippen LogP contribution in [0.4, 0.5) is 0 Å². The quantitative estimate of drug-likeness (QED) is 0.864. The van der Waals surface area contributed by atoms with E-state index >= 15 is 0 Å². The zero-order valence-electron chi connectivity index (χ0n) is 12.3. The first kappa shape index (κ1) is 15.0. The number of para-hydroxylation sites is 1. The third-order valence-corrected chi connectivity index (χ3v) is 3.27. The van der Waals surface area contributed by atoms with Crippen LogP contribution in [0.15, 0.2) is 24.3 Å². The molecule has 2 aromatic rings. The Kier molecular flexibility index (Phi) is 4.21. The molecule has 2 rings (SSSR count). The van der Waals surface area contributed by atoms with Crippen LogP contribution in [-0.2, 0) is 17.8 Å². The number of ether oxygens (including phenoxy) is 1. The summed E-state index contributed by atoms with van der Waals surface area (Å²) < 4.78 is 6.83. The molecule has 0 saturated heterocycles. The number of hydrogen-bond donors (Lipinski definition) is 1. The highest BCUT2D eigenvalue weighted by atomic mass is 16.5. The molecule has 0 spiro atoms. The van der Waals surface area contributed by atoms with Gasteiger partial charge in [-0.2, -0.15) is 0 Å². The van der Waals surface area contributed by atoms with E-state index in [2.05, 4.69) is 15.5 Å². The van der Waals surface area contributed by atoms with Gasteiger partial charge in [0.05, 0.1) is 19.1 Å². The van der Waals surface area contributed by atoms with Crippen LogP contribution in [0.5, 0.6) is 5.75 Å². The van der Waals surface area contributed by atoms with E-state index in [1.807, 2.05) is 24.3 Å². The van der Waals surface area contributed by atoms with Gasteiger partial charge in [0.2, 0.25) is 0 Å². The number of carboxylic acid groups (broad SMARTS) is 1. The average molecular weight is 290 g/mol. The van der Waals surface area contributed by atoms with Gasteiger partial charge in [0, 0.05) is 12.0 Å². The van der Waals surface area contributed by atoms with Crippen molar-refractivity contribution in [2.45, 2.75) is 26.8 Å². The number of benzene rings is 1. The van der Waals surface area contributed by atoms with E-state index in [0.717, 1.165) is 11.3 Å². The Morgan fingerprint density at radius 2 is 2.10 bits per heavy atom. The summed E-state index contributed by atoms with van der Waals surface area (Å²) in [7, 11) is 1.61. The van der Waals surface area contributed by atoms with Crippen LogP contribution >= 0.6 is 0 Å². The van der Waals surface area contributed by atoms with Gasteiger partial charge in [-0.25, -0.2) is 4.68 Å². The number of tetrazole rings is 1. The summed E-state index contributed by atoms with van der Waals surface area (Å²) in [5, 5.41) is 20.7. The maximum absolute atomic E-state index is 11.2. The van der Waals surface area contributed by atoms with E-state index in [0.29, 0.717) is 12.2 Å². The van der Waals surface area contributed by atoms with Gasteiger partial charge < -0.3 is 9.84 Å². The molecule has 0 bridgehead atoms. The van der Waals surface area contributed by atoms with Gasteiger partial charge >= 0.3 is 5.97 Å². The minimum absolute atomic E-state index is 0.208. The van der Waals surface area contributed by atoms with Crippen LogP contribution in [0.1, 0.15) is 25.2 Å². The second kappa shape index (κ2) is 5.90. The summed E-state index contributed by atoms with van der Waals surface area (Å²) in [6, 6.07) is 7.59. The van der Waals surface area contributed by atoms with Crippen molar-refractivity contribution >= 4 is 5.97 Å². The normalized spacial score (nSPS) is 11.4. The van der Waals surface area contributed by atoms with Crippen LogP contribution in [0.25, 0.3) is 0 Å². The molecule has 0 fully saturated rings. The number of nitrogens with zero attached hydrogens (tertiary/aromatic N) is 4. The van der Waals surface area contributed by atoms with Crippen molar-refractivity contribution in [3.8, 4) is 5.75 Å². The van der Waals surface area contributed by atoms with Gasteiger partial charge in [-0.3, -0.25) is 4.79 Å². The Morgan fingerprint density at radius 3 is 2.76 bits per heavy atom. The Bertz CT molecular complexity index is 637. The van der Waals surface area contributed by atoms with E-state index in [-0.39, 0.29) is 6.54 Å². The second-order valence-corrected chi connectivity index (χ2v) is 5.43. The van der Waals surface area contributed by atoms with E-state index in [1.165, 1.54) is 4.68 Å². The number of carboxylic acids is 1. The van der Waals surface area contributed by atoms with Crippen molar-refractivity contribution in [3.05, 3.63) is 35.7 Å². The molecule has 1 aromatic carbocycles. The zero-order chi connectivity index (χ0) is 15.5. The summed E-state index contributed by atoms with van der Waals surface area (Å²) in [6.07, 6.45) is 0.479. The molecule has 0 aliphatic rings. The average Bonchev–Trinajstić information content (AvgIpc) is 2.86. The second-order valence-electron chi connectivity index (χ2n) is 5.43. The number of rotatable bonds is 6. The number of aliphatic carboxylic acids is 1. The Labute approximate surface area is 122 Å². The summed E-state index contributed by atoms with van der Waals surface area (Å²) in [6.45, 7) is 3.49. The van der Waals surface area contributed by atoms with Crippen LogP contribution in [-0.4, -0.2) is 38.4 Å². The highest BCUT2D eigenvalue weighted by molar-refractivity contribution is 5.73. The largest absolute Gasteiger partial charge is 0.496 e. The Morgan fingerprint density at radius 1 is 1.38 bits per heavy atom. The maximum Gasteiger partial charge on any atom is 0.310 e. The Balaban J connectivity index is 2.23. The maximum atomic E-state index is 11.2. The first-order chi connectivity index (χ1) is 9.94. The van der Waals surface area contributed by atoms with E-state index < -0.39 is 11.4 Å². The van der Waals surface area contributed by atoms with E-state index in [1.54, 1.807) is 21.0 Å². The molecule has 0 aliphatic carbocycles. The lowest BCUT2D eigenvalue weighted by Crippen LogP contribution is -2.30. The van der Waals surface area contributed by atoms with Gasteiger partial charge in [-0.1, -0.05) is 18.2 Å². The van der Waals surface area contributed by atoms with Gasteiger partial charge in [0.25, 0.3) is 0 Å². The topological polar surface area (TPSA) is 90.1 Å². The van der Waals surface area contributed by atoms with Gasteiger partial charge in [0.15, 0.2) is 5.82 Å². The smallest absolute Gasteiger partial charge is 0.310 e. The summed E-state index contributed by atoms with van der Waals surface area (Å²) >= 11 is 0. The van der Waals surface area contributed by atoms with Crippen molar-refractivity contribution in [1.82, 2.24) is 20.2 Å². The van der Waals surface area contributed by atoms with Gasteiger partial charge in [0.1, 0.15) is 5.75 Å². The lowest BCUT2D eigenvalue weighted by atomic mass is 9.94. The number of methoxy groups -OCH3 is 1. The van der Waals surface area contributed by atoms with Crippen LogP contribution in [0.2, 0.25) is 0 Å². The lowest BCUT2D eigenvalue weighted by molar-refractivity contribution is -0.147. The van der Waals surface area contributed by atoms with Gasteiger partial charge in [-0.15, -0.1) is 5.10 Å². The molecule has 0 saturated carbocycles. The molecule has 1 N–H and O–H groups in total. The first-order valence-corrected chi connectivity index (χ1v) is 6.54. The van der Waals surface area contributed by atoms with Crippen LogP contribution in [0, 0.1) is 5.41 Å². The minimum Gasteiger partial charge on any atom is -0.496 e. The number of carbonyl (C=O) groups is 1. The summed E-state index contributed by atoms with van der Waals surface area (Å²) in [4.78, 5) is 11.2. The van der Waals surface area contributed by atoms with Crippen molar-refractivity contribution < 1.29 is 14.6 Å². The molecular formula is C14H18N4O3. The fourth-order valence-corrected chi connectivity index (χ4v) is 1.93. The van der Waals surface area contributed by atoms with E-state index in [9.17, 15) is 9.90 Å². The molecule has 21 heavy (non-hydrogen) atoms. The minimum atomic E-state index is -0.940. The fraction of sp³-hybridized carbons (Fsp3) is 0.429. The molecule has 0 amide bonds. The Hall–Kier alpha value is -2.44. The highest BCUT2D eigenvalue weighted by Gasteiger charge is 2.29. The van der Waals surface area contributed by atoms with Crippen molar-refractivity contribution in [1.29, 1.82) is 0 Å². The standard InChI is InChI=1S/C14H18N4O3/c1-14(2,13(19)20)9-18-12(15-16-17-18)8-10-6-4-5-7-11(10)21-3/h4-7H,8-9H2,1-3H3,(H,19,20). The molecule has 1 aromatic heterocycles. The van der Waals surface area contributed by atoms with Gasteiger partial charge in [-0.05, 0) is 30.3 Å². The zero-order valence-corrected chi connectivity index (χ0v) is 12.3. The molecule has 7 nitrogen and oxygen atoms in total. The molecule has 1 heterocycles. The van der Waals surface area contributed by atoms with Crippen molar-refractivity contribution in [3.63, 3.8) is 0 Å². The number of aromatic nitrogens is 4. The molecule has 0 atom stereocenters. The summed E-state index contributed by atoms with van der Waals surface area (Å²) in [5.41, 5.74) is 0.00874. The first-order valence-electron chi connectivity index (χ1n) is 6.54. The van der Waals surface area contributed by atoms with Crippen molar-refractivity contribution in [2.24, 2.45) is 5.41 Å². The third kappa shape index (κ3) is 3.36.